The van der Waals surface area contributed by atoms with Crippen LogP contribution >= 0.6 is 0 Å². The van der Waals surface area contributed by atoms with Gasteiger partial charge in [0.1, 0.15) is 12.4 Å². The molecule has 9 nitrogen and oxygen atoms in total. The van der Waals surface area contributed by atoms with E-state index >= 15 is 0 Å². The largest absolute Gasteiger partial charge is 0.489 e. The quantitative estimate of drug-likeness (QED) is 0.304. The summed E-state index contributed by atoms with van der Waals surface area (Å²) in [5, 5.41) is 0. The molecule has 1 aromatic heterocycles. The van der Waals surface area contributed by atoms with Crippen LogP contribution in [0.1, 0.15) is 73.8 Å². The third-order valence-electron chi connectivity index (χ3n) is 8.24. The standard InChI is InChI=1S/C33H39F3N4O5/c1-21(22-10-7-6-8-11-22)39-18-25(45-31(39)42)20-44-27-14-13-23(33(34,35)36)16-26(27)30(41)37-29-17-28(32(2,3)4)38(5)40(29)19-24-12-9-15-43-24/h6-8,10-11,13-14,16-17,21,24-25H,9,12,15,18-20H2,1-5H3/t21-,24-,25+/m1/s1. The molecular formula is C33H39F3N4O5. The van der Waals surface area contributed by atoms with Crippen LogP contribution < -0.4 is 10.2 Å². The van der Waals surface area contributed by atoms with Crippen molar-refractivity contribution in [1.29, 1.82) is 0 Å². The molecule has 2 amide bonds. The lowest BCUT2D eigenvalue weighted by Gasteiger charge is -2.22. The van der Waals surface area contributed by atoms with E-state index in [4.69, 9.17) is 14.2 Å². The summed E-state index contributed by atoms with van der Waals surface area (Å²) in [6.45, 7) is 9.11. The molecule has 0 aliphatic carbocycles. The first-order chi connectivity index (χ1) is 21.2. The fraction of sp³-hybridized carbons (Fsp3) is 0.485. The van der Waals surface area contributed by atoms with Crippen molar-refractivity contribution >= 4 is 12.0 Å². The summed E-state index contributed by atoms with van der Waals surface area (Å²) in [7, 11) is 1.86. The second-order valence-electron chi connectivity index (χ2n) is 12.6. The molecule has 2 saturated heterocycles. The van der Waals surface area contributed by atoms with Crippen LogP contribution in [0, 0.1) is 0 Å². The van der Waals surface area contributed by atoms with Crippen LogP contribution in [0.2, 0.25) is 0 Å². The number of rotatable bonds is 8. The molecule has 2 aliphatic rings. The summed E-state index contributed by atoms with van der Waals surface area (Å²) in [6, 6.07) is 13.7. The van der Waals surface area contributed by atoms with E-state index in [1.807, 2.05) is 74.4 Å². The average molecular weight is 629 g/mol. The molecule has 242 valence electrons. The molecular weight excluding hydrogens is 589 g/mol. The Morgan fingerprint density at radius 1 is 1.09 bits per heavy atom. The van der Waals surface area contributed by atoms with E-state index in [0.29, 0.717) is 18.6 Å². The highest BCUT2D eigenvalue weighted by Crippen LogP contribution is 2.34. The predicted molar refractivity (Wildman–Crippen MR) is 160 cm³/mol. The van der Waals surface area contributed by atoms with Gasteiger partial charge in [-0.15, -0.1) is 0 Å². The molecule has 0 radical (unpaired) electrons. The molecule has 0 unspecified atom stereocenters. The van der Waals surface area contributed by atoms with Crippen molar-refractivity contribution in [3.05, 3.63) is 82.5 Å². The van der Waals surface area contributed by atoms with Gasteiger partial charge in [-0.05, 0) is 43.5 Å². The Kier molecular flexibility index (Phi) is 9.16. The number of ether oxygens (including phenoxy) is 3. The van der Waals surface area contributed by atoms with Crippen LogP contribution in [0.3, 0.4) is 0 Å². The van der Waals surface area contributed by atoms with Gasteiger partial charge in [0, 0.05) is 30.8 Å². The van der Waals surface area contributed by atoms with Gasteiger partial charge in [-0.1, -0.05) is 51.1 Å². The predicted octanol–water partition coefficient (Wildman–Crippen LogP) is 6.02. The molecule has 3 heterocycles. The van der Waals surface area contributed by atoms with E-state index in [9.17, 15) is 22.8 Å². The number of hydrogen-bond donors (Lipinski definition) is 0. The second kappa shape index (κ2) is 12.7. The summed E-state index contributed by atoms with van der Waals surface area (Å²) >= 11 is 0. The summed E-state index contributed by atoms with van der Waals surface area (Å²) in [5.41, 5.74) is 0.499. The molecule has 0 N–H and O–H groups in total. The fourth-order valence-electron chi connectivity index (χ4n) is 5.77. The number of hydrogen-bond acceptors (Lipinski definition) is 5. The zero-order valence-corrected chi connectivity index (χ0v) is 26.1. The number of nitrogens with zero attached hydrogens (tertiary/aromatic N) is 4. The summed E-state index contributed by atoms with van der Waals surface area (Å²) < 4.78 is 62.1. The zero-order chi connectivity index (χ0) is 32.5. The molecule has 3 aromatic rings. The Morgan fingerprint density at radius 2 is 1.82 bits per heavy atom. The Labute approximate surface area is 260 Å². The van der Waals surface area contributed by atoms with E-state index in [1.165, 1.54) is 0 Å². The zero-order valence-electron chi connectivity index (χ0n) is 26.1. The number of alkyl halides is 3. The maximum Gasteiger partial charge on any atom is 0.416 e. The fourth-order valence-corrected chi connectivity index (χ4v) is 5.77. The molecule has 0 spiro atoms. The number of carbonyl (C=O) groups excluding carboxylic acids is 2. The van der Waals surface area contributed by atoms with Gasteiger partial charge in [0.2, 0.25) is 0 Å². The van der Waals surface area contributed by atoms with Crippen molar-refractivity contribution in [2.24, 2.45) is 12.0 Å². The normalized spacial score (nSPS) is 20.0. The van der Waals surface area contributed by atoms with Gasteiger partial charge in [0.05, 0.1) is 36.4 Å². The maximum atomic E-state index is 13.7. The number of benzene rings is 2. The molecule has 2 fully saturated rings. The summed E-state index contributed by atoms with van der Waals surface area (Å²) in [5.74, 6) is -0.967. The smallest absolute Gasteiger partial charge is 0.416 e. The highest BCUT2D eigenvalue weighted by molar-refractivity contribution is 5.97. The number of cyclic esters (lactones) is 1. The van der Waals surface area contributed by atoms with Crippen LogP contribution in [0.5, 0.6) is 5.75 Å². The Balaban J connectivity index is 1.43. The van der Waals surface area contributed by atoms with Crippen molar-refractivity contribution in [2.75, 3.05) is 19.8 Å². The first-order valence-electron chi connectivity index (χ1n) is 15.1. The van der Waals surface area contributed by atoms with E-state index < -0.39 is 29.8 Å². The molecule has 2 aromatic carbocycles. The molecule has 2 aliphatic heterocycles. The third kappa shape index (κ3) is 7.27. The number of amides is 2. The molecule has 45 heavy (non-hydrogen) atoms. The number of aromatic nitrogens is 2. The van der Waals surface area contributed by atoms with Gasteiger partial charge < -0.3 is 14.2 Å². The minimum atomic E-state index is -4.69. The van der Waals surface area contributed by atoms with E-state index in [2.05, 4.69) is 4.99 Å². The van der Waals surface area contributed by atoms with Crippen molar-refractivity contribution in [3.63, 3.8) is 0 Å². The monoisotopic (exact) mass is 628 g/mol. The molecule has 5 rings (SSSR count). The minimum absolute atomic E-state index is 0.0637. The van der Waals surface area contributed by atoms with Crippen molar-refractivity contribution in [3.8, 4) is 5.75 Å². The molecule has 12 heteroatoms. The van der Waals surface area contributed by atoms with Crippen molar-refractivity contribution in [1.82, 2.24) is 14.3 Å². The van der Waals surface area contributed by atoms with Gasteiger partial charge in [-0.3, -0.25) is 19.1 Å². The number of halogens is 3. The van der Waals surface area contributed by atoms with Gasteiger partial charge in [0.15, 0.2) is 11.6 Å². The highest BCUT2D eigenvalue weighted by atomic mass is 19.4. The van der Waals surface area contributed by atoms with Crippen molar-refractivity contribution in [2.45, 2.75) is 76.9 Å². The minimum Gasteiger partial charge on any atom is -0.489 e. The summed E-state index contributed by atoms with van der Waals surface area (Å²) in [4.78, 5) is 32.2. The van der Waals surface area contributed by atoms with Gasteiger partial charge >= 0.3 is 12.3 Å². The van der Waals surface area contributed by atoms with E-state index in [-0.39, 0.29) is 42.0 Å². The first kappa shape index (κ1) is 32.3. The Hall–Kier alpha value is -4.06. The molecule has 0 saturated carbocycles. The highest BCUT2D eigenvalue weighted by Gasteiger charge is 2.36. The average Bonchev–Trinajstić information content (AvgIpc) is 3.71. The first-order valence-corrected chi connectivity index (χ1v) is 15.1. The topological polar surface area (TPSA) is 87.3 Å². The Morgan fingerprint density at radius 3 is 2.47 bits per heavy atom. The van der Waals surface area contributed by atoms with Gasteiger partial charge in [-0.2, -0.15) is 18.2 Å². The molecule has 0 bridgehead atoms. The maximum absolute atomic E-state index is 13.7. The summed E-state index contributed by atoms with van der Waals surface area (Å²) in [6.07, 6.45) is -4.18. The van der Waals surface area contributed by atoms with Gasteiger partial charge in [0.25, 0.3) is 5.91 Å². The van der Waals surface area contributed by atoms with E-state index in [1.54, 1.807) is 11.0 Å². The third-order valence-corrected chi connectivity index (χ3v) is 8.24. The van der Waals surface area contributed by atoms with E-state index in [0.717, 1.165) is 42.3 Å². The van der Waals surface area contributed by atoms with Crippen LogP contribution in [0.15, 0.2) is 59.6 Å². The lowest BCUT2D eigenvalue weighted by atomic mass is 9.92. The van der Waals surface area contributed by atoms with Crippen LogP contribution in [-0.4, -0.2) is 58.2 Å². The number of carbonyl (C=O) groups is 2. The lowest BCUT2D eigenvalue weighted by Crippen LogP contribution is -2.30. The van der Waals surface area contributed by atoms with Crippen LogP contribution in [0.25, 0.3) is 0 Å². The SMILES string of the molecule is C[C@H](c1ccccc1)N1C[C@@H](COc2ccc(C(F)(F)F)cc2C(=O)N=c2cc(C(C)(C)C)n(C)n2C[C@H]2CCCO2)OC1=O. The van der Waals surface area contributed by atoms with Gasteiger partial charge in [-0.25, -0.2) is 4.79 Å². The lowest BCUT2D eigenvalue weighted by molar-refractivity contribution is -0.137. The van der Waals surface area contributed by atoms with Crippen molar-refractivity contribution < 1.29 is 37.0 Å². The Bertz CT molecular complexity index is 1600. The van der Waals surface area contributed by atoms with Crippen LogP contribution in [-0.2, 0) is 34.7 Å². The molecule has 3 atom stereocenters. The van der Waals surface area contributed by atoms with Crippen LogP contribution in [0.4, 0.5) is 18.0 Å². The second-order valence-corrected chi connectivity index (χ2v) is 12.6.